The summed E-state index contributed by atoms with van der Waals surface area (Å²) in [5, 5.41) is 3.05. The average molecular weight is 260 g/mol. The van der Waals surface area contributed by atoms with Crippen LogP contribution in [0, 0.1) is 0 Å². The topological polar surface area (TPSA) is 55.1 Å². The van der Waals surface area contributed by atoms with E-state index in [2.05, 4.69) is 24.4 Å². The third kappa shape index (κ3) is 3.35. The fourth-order valence-electron chi connectivity index (χ4n) is 2.85. The van der Waals surface area contributed by atoms with Crippen LogP contribution in [0.25, 0.3) is 0 Å². The number of carbonyl (C=O) groups excluding carboxylic acids is 1. The smallest absolute Gasteiger partial charge is 0.240 e. The molecule has 2 rings (SSSR count). The first kappa shape index (κ1) is 14.1. The number of rotatable bonds is 5. The highest BCUT2D eigenvalue weighted by Crippen LogP contribution is 2.27. The van der Waals surface area contributed by atoms with Gasteiger partial charge in [-0.2, -0.15) is 0 Å². The summed E-state index contributed by atoms with van der Waals surface area (Å²) in [6.45, 7) is 2.83. The van der Waals surface area contributed by atoms with E-state index in [-0.39, 0.29) is 5.91 Å². The maximum atomic E-state index is 12.2. The Labute approximate surface area is 115 Å². The molecule has 19 heavy (non-hydrogen) atoms. The van der Waals surface area contributed by atoms with Crippen LogP contribution in [0.15, 0.2) is 30.3 Å². The molecule has 104 valence electrons. The predicted octanol–water partition coefficient (Wildman–Crippen LogP) is 2.57. The van der Waals surface area contributed by atoms with Crippen molar-refractivity contribution in [2.24, 2.45) is 5.73 Å². The molecule has 1 fully saturated rings. The maximum absolute atomic E-state index is 12.2. The molecule has 0 heterocycles. The van der Waals surface area contributed by atoms with Crippen molar-refractivity contribution in [1.82, 2.24) is 5.32 Å². The van der Waals surface area contributed by atoms with Crippen LogP contribution in [0.2, 0.25) is 0 Å². The van der Waals surface area contributed by atoms with E-state index in [1.165, 1.54) is 5.56 Å². The third-order valence-corrected chi connectivity index (χ3v) is 4.22. The third-order valence-electron chi connectivity index (χ3n) is 4.22. The molecule has 1 aliphatic carbocycles. The van der Waals surface area contributed by atoms with Crippen LogP contribution < -0.4 is 11.1 Å². The Kier molecular flexibility index (Phi) is 4.59. The van der Waals surface area contributed by atoms with Crippen molar-refractivity contribution >= 4 is 5.91 Å². The zero-order valence-corrected chi connectivity index (χ0v) is 11.7. The maximum Gasteiger partial charge on any atom is 0.240 e. The lowest BCUT2D eigenvalue weighted by Gasteiger charge is -2.24. The van der Waals surface area contributed by atoms with Crippen LogP contribution in [-0.2, 0) is 4.79 Å². The number of nitrogens with one attached hydrogen (secondary N) is 1. The molecule has 0 aromatic heterocycles. The van der Waals surface area contributed by atoms with Crippen LogP contribution in [0.3, 0.4) is 0 Å². The summed E-state index contributed by atoms with van der Waals surface area (Å²) in [5.74, 6) is 0.398. The van der Waals surface area contributed by atoms with Crippen molar-refractivity contribution < 1.29 is 4.79 Å². The highest BCUT2D eigenvalue weighted by molar-refractivity contribution is 5.86. The van der Waals surface area contributed by atoms with Gasteiger partial charge in [-0.15, -0.1) is 0 Å². The highest BCUT2D eigenvalue weighted by Gasteiger charge is 2.36. The van der Waals surface area contributed by atoms with E-state index in [0.717, 1.165) is 32.1 Å². The van der Waals surface area contributed by atoms with Crippen LogP contribution in [0.1, 0.15) is 50.5 Å². The van der Waals surface area contributed by atoms with Crippen molar-refractivity contribution in [3.8, 4) is 0 Å². The first-order valence-electron chi connectivity index (χ1n) is 7.28. The van der Waals surface area contributed by atoms with E-state index in [9.17, 15) is 4.79 Å². The van der Waals surface area contributed by atoms with Crippen molar-refractivity contribution in [2.75, 3.05) is 6.54 Å². The Morgan fingerprint density at radius 3 is 2.53 bits per heavy atom. The molecule has 1 atom stereocenters. The van der Waals surface area contributed by atoms with E-state index >= 15 is 0 Å². The summed E-state index contributed by atoms with van der Waals surface area (Å²) in [5.41, 5.74) is 6.82. The minimum absolute atomic E-state index is 0.0272. The van der Waals surface area contributed by atoms with Gasteiger partial charge < -0.3 is 11.1 Å². The standard InChI is InChI=1S/C16H24N2O/c1-2-13(14-8-4-3-5-9-14)12-18-15(19)16(17)10-6-7-11-16/h3-5,8-9,13H,2,6-7,10-12,17H2,1H3,(H,18,19). The van der Waals surface area contributed by atoms with Crippen LogP contribution >= 0.6 is 0 Å². The summed E-state index contributed by atoms with van der Waals surface area (Å²) in [4.78, 5) is 12.2. The summed E-state index contributed by atoms with van der Waals surface area (Å²) < 4.78 is 0. The Morgan fingerprint density at radius 1 is 1.32 bits per heavy atom. The van der Waals surface area contributed by atoms with Crippen molar-refractivity contribution in [1.29, 1.82) is 0 Å². The van der Waals surface area contributed by atoms with Crippen LogP contribution in [0.5, 0.6) is 0 Å². The van der Waals surface area contributed by atoms with E-state index in [1.807, 2.05) is 18.2 Å². The van der Waals surface area contributed by atoms with Gasteiger partial charge in [0.25, 0.3) is 0 Å². The molecular weight excluding hydrogens is 236 g/mol. The monoisotopic (exact) mass is 260 g/mol. The second-order valence-electron chi connectivity index (χ2n) is 5.59. The number of nitrogens with two attached hydrogens (primary N) is 1. The second-order valence-corrected chi connectivity index (χ2v) is 5.59. The van der Waals surface area contributed by atoms with E-state index in [1.54, 1.807) is 0 Å². The first-order chi connectivity index (χ1) is 9.15. The molecule has 1 amide bonds. The molecular formula is C16H24N2O. The van der Waals surface area contributed by atoms with Gasteiger partial charge in [-0.25, -0.2) is 0 Å². The van der Waals surface area contributed by atoms with Crippen molar-refractivity contribution in [2.45, 2.75) is 50.5 Å². The van der Waals surface area contributed by atoms with Crippen LogP contribution in [0.4, 0.5) is 0 Å². The SMILES string of the molecule is CCC(CNC(=O)C1(N)CCCC1)c1ccccc1. The minimum atomic E-state index is -0.616. The molecule has 1 aliphatic rings. The largest absolute Gasteiger partial charge is 0.354 e. The summed E-state index contributed by atoms with van der Waals surface area (Å²) in [7, 11) is 0. The van der Waals surface area contributed by atoms with Gasteiger partial charge in [-0.3, -0.25) is 4.79 Å². The average Bonchev–Trinajstić information content (AvgIpc) is 2.89. The lowest BCUT2D eigenvalue weighted by molar-refractivity contribution is -0.126. The van der Waals surface area contributed by atoms with E-state index in [0.29, 0.717) is 12.5 Å². The fourth-order valence-corrected chi connectivity index (χ4v) is 2.85. The lowest BCUT2D eigenvalue weighted by atomic mass is 9.94. The van der Waals surface area contributed by atoms with Gasteiger partial charge in [0.15, 0.2) is 0 Å². The molecule has 0 aliphatic heterocycles. The van der Waals surface area contributed by atoms with Gasteiger partial charge in [0.05, 0.1) is 5.54 Å². The van der Waals surface area contributed by atoms with Gasteiger partial charge >= 0.3 is 0 Å². The molecule has 0 bridgehead atoms. The fraction of sp³-hybridized carbons (Fsp3) is 0.562. The number of hydrogen-bond acceptors (Lipinski definition) is 2. The number of hydrogen-bond donors (Lipinski definition) is 2. The normalized spacial score (nSPS) is 19.1. The molecule has 1 aromatic carbocycles. The molecule has 1 saturated carbocycles. The summed E-state index contributed by atoms with van der Waals surface area (Å²) >= 11 is 0. The molecule has 3 N–H and O–H groups in total. The van der Waals surface area contributed by atoms with Gasteiger partial charge in [0.2, 0.25) is 5.91 Å². The number of benzene rings is 1. The Bertz CT molecular complexity index is 410. The summed E-state index contributed by atoms with van der Waals surface area (Å²) in [6, 6.07) is 10.3. The Morgan fingerprint density at radius 2 is 1.95 bits per heavy atom. The first-order valence-corrected chi connectivity index (χ1v) is 7.28. The predicted molar refractivity (Wildman–Crippen MR) is 77.9 cm³/mol. The number of amides is 1. The molecule has 3 heteroatoms. The van der Waals surface area contributed by atoms with Crippen LogP contribution in [-0.4, -0.2) is 18.0 Å². The second kappa shape index (κ2) is 6.20. The number of carbonyl (C=O) groups is 1. The molecule has 1 unspecified atom stereocenters. The molecule has 0 radical (unpaired) electrons. The minimum Gasteiger partial charge on any atom is -0.354 e. The zero-order chi connectivity index (χ0) is 13.7. The summed E-state index contributed by atoms with van der Waals surface area (Å²) in [6.07, 6.45) is 4.80. The molecule has 0 spiro atoms. The molecule has 1 aromatic rings. The van der Waals surface area contributed by atoms with Crippen molar-refractivity contribution in [3.05, 3.63) is 35.9 Å². The lowest BCUT2D eigenvalue weighted by Crippen LogP contribution is -2.52. The van der Waals surface area contributed by atoms with Crippen molar-refractivity contribution in [3.63, 3.8) is 0 Å². The van der Waals surface area contributed by atoms with E-state index in [4.69, 9.17) is 5.73 Å². The Hall–Kier alpha value is -1.35. The highest BCUT2D eigenvalue weighted by atomic mass is 16.2. The zero-order valence-electron chi connectivity index (χ0n) is 11.7. The van der Waals surface area contributed by atoms with E-state index < -0.39 is 5.54 Å². The van der Waals surface area contributed by atoms with Gasteiger partial charge in [0.1, 0.15) is 0 Å². The van der Waals surface area contributed by atoms with Gasteiger partial charge in [0, 0.05) is 12.5 Å². The molecule has 3 nitrogen and oxygen atoms in total. The van der Waals surface area contributed by atoms with Gasteiger partial charge in [-0.1, -0.05) is 50.1 Å². The Balaban J connectivity index is 1.92. The quantitative estimate of drug-likeness (QED) is 0.855. The molecule has 0 saturated heterocycles. The van der Waals surface area contributed by atoms with Gasteiger partial charge in [-0.05, 0) is 24.8 Å².